The number of hydrogen-bond donors (Lipinski definition) is 0. The number of halogens is 1. The van der Waals surface area contributed by atoms with Crippen molar-refractivity contribution in [2.45, 2.75) is 12.5 Å². The van der Waals surface area contributed by atoms with Crippen LogP contribution in [0.1, 0.15) is 28.2 Å². The second-order valence-electron chi connectivity index (χ2n) is 9.82. The predicted molar refractivity (Wildman–Crippen MR) is 158 cm³/mol. The molecule has 6 rings (SSSR count). The van der Waals surface area contributed by atoms with Crippen molar-refractivity contribution in [1.29, 1.82) is 0 Å². The Morgan fingerprint density at radius 3 is 2.32 bits per heavy atom. The fraction of sp³-hybridized carbons (Fsp3) is 0.147. The van der Waals surface area contributed by atoms with Gasteiger partial charge < -0.3 is 4.74 Å². The Morgan fingerprint density at radius 1 is 0.868 bits per heavy atom. The van der Waals surface area contributed by atoms with E-state index in [2.05, 4.69) is 94.8 Å². The monoisotopic (exact) mass is 561 g/mol. The Hall–Kier alpha value is -3.89. The van der Waals surface area contributed by atoms with Gasteiger partial charge in [0.05, 0.1) is 5.69 Å². The number of anilines is 1. The number of carbonyl (C=O) groups excluding carboxylic acids is 1. The summed E-state index contributed by atoms with van der Waals surface area (Å²) in [6, 6.07) is 37.0. The van der Waals surface area contributed by atoms with E-state index in [1.54, 1.807) is 0 Å². The lowest BCUT2D eigenvalue weighted by Gasteiger charge is -2.36. The molecule has 0 aromatic heterocycles. The summed E-state index contributed by atoms with van der Waals surface area (Å²) < 4.78 is 6.87. The van der Waals surface area contributed by atoms with Crippen LogP contribution in [-0.2, 0) is 11.3 Å². The molecule has 0 radical (unpaired) electrons. The topological polar surface area (TPSA) is 29.5 Å². The second kappa shape index (κ2) is 10.8. The highest BCUT2D eigenvalue weighted by Gasteiger charge is 2.43. The van der Waals surface area contributed by atoms with Crippen molar-refractivity contribution in [3.05, 3.63) is 148 Å². The number of para-hydroxylation sites is 1. The molecule has 3 nitrogen and oxygen atoms in total. The molecule has 3 atom stereocenters. The lowest BCUT2D eigenvalue weighted by atomic mass is 9.79. The Balaban J connectivity index is 1.35. The quantitative estimate of drug-likeness (QED) is 0.244. The van der Waals surface area contributed by atoms with Gasteiger partial charge in [0, 0.05) is 28.4 Å². The fourth-order valence-corrected chi connectivity index (χ4v) is 5.92. The number of carbonyl (C=O) groups is 1. The number of ether oxygens (including phenoxy) is 1. The number of rotatable bonds is 5. The first kappa shape index (κ1) is 24.4. The summed E-state index contributed by atoms with van der Waals surface area (Å²) in [7, 11) is 0. The van der Waals surface area contributed by atoms with Gasteiger partial charge in [-0.05, 0) is 46.4 Å². The molecule has 1 heterocycles. The molecule has 0 spiro atoms. The van der Waals surface area contributed by atoms with Crippen molar-refractivity contribution in [3.63, 3.8) is 0 Å². The smallest absolute Gasteiger partial charge is 0.414 e. The van der Waals surface area contributed by atoms with Crippen molar-refractivity contribution in [1.82, 2.24) is 0 Å². The molecule has 1 amide bonds. The molecule has 1 aliphatic heterocycles. The lowest BCUT2D eigenvalue weighted by molar-refractivity contribution is 0.146. The van der Waals surface area contributed by atoms with Crippen LogP contribution >= 0.6 is 15.9 Å². The van der Waals surface area contributed by atoms with Crippen LogP contribution in [0.5, 0.6) is 0 Å². The molecule has 0 saturated carbocycles. The summed E-state index contributed by atoms with van der Waals surface area (Å²) in [6.45, 7) is 0.831. The fourth-order valence-electron chi connectivity index (χ4n) is 5.66. The van der Waals surface area contributed by atoms with Gasteiger partial charge in [0.2, 0.25) is 0 Å². The van der Waals surface area contributed by atoms with E-state index in [-0.39, 0.29) is 30.5 Å². The number of hydrogen-bond acceptors (Lipinski definition) is 2. The molecule has 0 saturated heterocycles. The van der Waals surface area contributed by atoms with Crippen LogP contribution < -0.4 is 4.90 Å². The molecule has 188 valence electrons. The summed E-state index contributed by atoms with van der Waals surface area (Å²) in [5.41, 5.74) is 6.75. The molecule has 4 aromatic rings. The van der Waals surface area contributed by atoms with Gasteiger partial charge in [-0.25, -0.2) is 4.79 Å². The normalized spacial score (nSPS) is 20.1. The Bertz CT molecular complexity index is 1480. The number of benzene rings is 4. The minimum Gasteiger partial charge on any atom is -0.444 e. The average molecular weight is 563 g/mol. The molecule has 2 aliphatic rings. The van der Waals surface area contributed by atoms with Gasteiger partial charge in [0.25, 0.3) is 0 Å². The third-order valence-electron chi connectivity index (χ3n) is 7.51. The third kappa shape index (κ3) is 4.97. The molecule has 38 heavy (non-hydrogen) atoms. The highest BCUT2D eigenvalue weighted by Crippen LogP contribution is 2.52. The molecule has 0 fully saturated rings. The van der Waals surface area contributed by atoms with Crippen LogP contribution in [0.15, 0.2) is 126 Å². The summed E-state index contributed by atoms with van der Waals surface area (Å²) in [6.07, 6.45) is 6.65. The summed E-state index contributed by atoms with van der Waals surface area (Å²) >= 11 is 3.58. The molecule has 0 bridgehead atoms. The third-order valence-corrected chi connectivity index (χ3v) is 8.04. The largest absolute Gasteiger partial charge is 0.444 e. The van der Waals surface area contributed by atoms with Gasteiger partial charge >= 0.3 is 6.09 Å². The van der Waals surface area contributed by atoms with E-state index in [4.69, 9.17) is 4.74 Å². The van der Waals surface area contributed by atoms with E-state index in [0.717, 1.165) is 21.3 Å². The molecule has 0 unspecified atom stereocenters. The van der Waals surface area contributed by atoms with E-state index < -0.39 is 0 Å². The zero-order valence-electron chi connectivity index (χ0n) is 20.9. The Labute approximate surface area is 232 Å². The van der Waals surface area contributed by atoms with Crippen molar-refractivity contribution in [2.75, 3.05) is 11.4 Å². The maximum absolute atomic E-state index is 13.5. The number of amides is 1. The summed E-state index contributed by atoms with van der Waals surface area (Å²) in [5, 5.41) is 0. The average Bonchev–Trinajstić information content (AvgIpc) is 3.34. The van der Waals surface area contributed by atoms with Crippen LogP contribution in [0.4, 0.5) is 10.5 Å². The molecule has 1 aliphatic carbocycles. The SMILES string of the molecule is O=C(OCc1ccccc1)N1C[C@@H]2C(=C[C@H](c3ccc(Br)cc3)[C@H]2/C=C/c2ccccc2)c2ccccc21. The van der Waals surface area contributed by atoms with Gasteiger partial charge in [-0.2, -0.15) is 0 Å². The van der Waals surface area contributed by atoms with Crippen LogP contribution in [0.3, 0.4) is 0 Å². The predicted octanol–water partition coefficient (Wildman–Crippen LogP) is 8.73. The summed E-state index contributed by atoms with van der Waals surface area (Å²) in [5.74, 6) is 0.559. The maximum atomic E-state index is 13.5. The lowest BCUT2D eigenvalue weighted by Crippen LogP contribution is -2.41. The maximum Gasteiger partial charge on any atom is 0.414 e. The standard InChI is InChI=1S/C34H28BrNO2/c35-27-18-16-26(17-19-27)30-21-31-29-13-7-8-14-33(29)36(34(37)38-23-25-11-5-2-6-12-25)22-32(31)28(30)20-15-24-9-3-1-4-10-24/h1-21,28,30,32H,22-23H2/b20-15+/t28-,30-,32+/m1/s1. The van der Waals surface area contributed by atoms with E-state index in [0.29, 0.717) is 6.54 Å². The Kier molecular flexibility index (Phi) is 6.98. The van der Waals surface area contributed by atoms with E-state index >= 15 is 0 Å². The van der Waals surface area contributed by atoms with Gasteiger partial charge in [0.15, 0.2) is 0 Å². The van der Waals surface area contributed by atoms with E-state index in [1.807, 2.05) is 53.4 Å². The zero-order chi connectivity index (χ0) is 25.9. The van der Waals surface area contributed by atoms with Crippen molar-refractivity contribution >= 4 is 39.4 Å². The molecule has 4 heteroatoms. The van der Waals surface area contributed by atoms with Gasteiger partial charge in [-0.1, -0.05) is 125 Å². The van der Waals surface area contributed by atoms with Crippen LogP contribution in [-0.4, -0.2) is 12.6 Å². The van der Waals surface area contributed by atoms with Gasteiger partial charge in [-0.3, -0.25) is 4.90 Å². The molecule has 0 N–H and O–H groups in total. The van der Waals surface area contributed by atoms with E-state index in [9.17, 15) is 4.79 Å². The van der Waals surface area contributed by atoms with E-state index in [1.165, 1.54) is 16.7 Å². The zero-order valence-corrected chi connectivity index (χ0v) is 22.5. The number of fused-ring (bicyclic) bond motifs is 3. The number of allylic oxidation sites excluding steroid dienone is 2. The first-order chi connectivity index (χ1) is 18.7. The van der Waals surface area contributed by atoms with Crippen LogP contribution in [0, 0.1) is 11.8 Å². The van der Waals surface area contributed by atoms with Gasteiger partial charge in [-0.15, -0.1) is 0 Å². The second-order valence-corrected chi connectivity index (χ2v) is 10.7. The molecule has 4 aromatic carbocycles. The Morgan fingerprint density at radius 2 is 1.55 bits per heavy atom. The number of nitrogens with zero attached hydrogens (tertiary/aromatic N) is 1. The highest BCUT2D eigenvalue weighted by atomic mass is 79.9. The first-order valence-electron chi connectivity index (χ1n) is 13.0. The van der Waals surface area contributed by atoms with Crippen molar-refractivity contribution in [3.8, 4) is 0 Å². The molecular weight excluding hydrogens is 534 g/mol. The van der Waals surface area contributed by atoms with Gasteiger partial charge in [0.1, 0.15) is 6.61 Å². The summed E-state index contributed by atoms with van der Waals surface area (Å²) in [4.78, 5) is 15.3. The van der Waals surface area contributed by atoms with Crippen LogP contribution in [0.2, 0.25) is 0 Å². The van der Waals surface area contributed by atoms with Crippen LogP contribution in [0.25, 0.3) is 11.6 Å². The minimum absolute atomic E-state index is 0.155. The first-order valence-corrected chi connectivity index (χ1v) is 13.7. The highest BCUT2D eigenvalue weighted by molar-refractivity contribution is 9.10. The minimum atomic E-state index is -0.307. The van der Waals surface area contributed by atoms with Crippen molar-refractivity contribution in [2.24, 2.45) is 11.8 Å². The van der Waals surface area contributed by atoms with Crippen molar-refractivity contribution < 1.29 is 9.53 Å². The molecular formula is C34H28BrNO2.